The van der Waals surface area contributed by atoms with E-state index in [4.69, 9.17) is 10.3 Å². The minimum absolute atomic E-state index is 0.0666. The van der Waals surface area contributed by atoms with Gasteiger partial charge in [-0.15, -0.1) is 0 Å². The molecule has 7 heteroatoms. The van der Waals surface area contributed by atoms with Crippen molar-refractivity contribution in [2.75, 3.05) is 0 Å². The van der Waals surface area contributed by atoms with E-state index in [1.165, 1.54) is 12.1 Å². The number of hydrogen-bond acceptors (Lipinski definition) is 5. The van der Waals surface area contributed by atoms with Crippen LogP contribution in [0.15, 0.2) is 71.6 Å². The molecule has 0 amide bonds. The lowest BCUT2D eigenvalue weighted by Crippen LogP contribution is -2.43. The molecule has 0 aliphatic rings. The van der Waals surface area contributed by atoms with Gasteiger partial charge in [-0.2, -0.15) is 8.42 Å². The monoisotopic (exact) mass is 386 g/mol. The first-order chi connectivity index (χ1) is 12.7. The summed E-state index contributed by atoms with van der Waals surface area (Å²) in [5, 5.41) is 12.8. The van der Waals surface area contributed by atoms with E-state index in [0.29, 0.717) is 6.42 Å². The molecule has 0 spiro atoms. The first kappa shape index (κ1) is 20.6. The first-order valence-corrected chi connectivity index (χ1v) is 9.59. The molecule has 3 aromatic carbocycles. The maximum absolute atomic E-state index is 10.5. The van der Waals surface area contributed by atoms with Crippen molar-refractivity contribution in [1.29, 1.82) is 0 Å². The van der Waals surface area contributed by atoms with Crippen molar-refractivity contribution in [3.05, 3.63) is 77.9 Å². The fraction of sp³-hybridized carbons (Fsp3) is 0.150. The number of hydrogen-bond donors (Lipinski definition) is 2. The van der Waals surface area contributed by atoms with E-state index in [2.05, 4.69) is 0 Å². The lowest BCUT2D eigenvalue weighted by molar-refractivity contribution is -0.307. The highest BCUT2D eigenvalue weighted by Crippen LogP contribution is 2.16. The van der Waals surface area contributed by atoms with Gasteiger partial charge in [0.05, 0.1) is 10.9 Å². The summed E-state index contributed by atoms with van der Waals surface area (Å²) < 4.78 is 29.6. The van der Waals surface area contributed by atoms with Crippen LogP contribution in [0.3, 0.4) is 0 Å². The highest BCUT2D eigenvalue weighted by molar-refractivity contribution is 7.85. The smallest absolute Gasteiger partial charge is 0.294 e. The van der Waals surface area contributed by atoms with Crippen LogP contribution in [-0.4, -0.2) is 25.0 Å². The Bertz CT molecular complexity index is 1030. The Morgan fingerprint density at radius 1 is 1.04 bits per heavy atom. The van der Waals surface area contributed by atoms with E-state index in [9.17, 15) is 18.3 Å². The van der Waals surface area contributed by atoms with E-state index < -0.39 is 22.1 Å². The van der Waals surface area contributed by atoms with E-state index in [0.717, 1.165) is 21.9 Å². The molecule has 0 aromatic heterocycles. The molecule has 0 fully saturated rings. The zero-order valence-corrected chi connectivity index (χ0v) is 15.5. The average molecular weight is 386 g/mol. The van der Waals surface area contributed by atoms with Gasteiger partial charge in [-0.25, -0.2) is 0 Å². The van der Waals surface area contributed by atoms with Crippen molar-refractivity contribution in [1.82, 2.24) is 0 Å². The second kappa shape index (κ2) is 8.77. The molecule has 0 saturated carbocycles. The van der Waals surface area contributed by atoms with Crippen LogP contribution in [0.25, 0.3) is 10.8 Å². The molecule has 27 heavy (non-hydrogen) atoms. The predicted molar refractivity (Wildman–Crippen MR) is 102 cm³/mol. The average Bonchev–Trinajstić information content (AvgIpc) is 2.61. The second-order valence-electron chi connectivity index (χ2n) is 6.10. The molecule has 0 bridgehead atoms. The zero-order valence-electron chi connectivity index (χ0n) is 14.7. The number of carboxylic acid groups (broad SMARTS) is 1. The Hall–Kier alpha value is -2.74. The SMILES string of the molecule is Cc1ccc(S(=O)(=O)O)cc1.N[C@@H](Cc1ccc2ccccc2c1)C(=O)[O-]. The van der Waals surface area contributed by atoms with Gasteiger partial charge in [0.25, 0.3) is 10.1 Å². The maximum Gasteiger partial charge on any atom is 0.294 e. The number of carbonyl (C=O) groups excluding carboxylic acids is 1. The lowest BCUT2D eigenvalue weighted by atomic mass is 10.0. The molecule has 0 saturated heterocycles. The number of rotatable bonds is 4. The summed E-state index contributed by atoms with van der Waals surface area (Å²) >= 11 is 0. The first-order valence-electron chi connectivity index (χ1n) is 8.15. The maximum atomic E-state index is 10.5. The molecule has 3 N–H and O–H groups in total. The molecule has 0 heterocycles. The summed E-state index contributed by atoms with van der Waals surface area (Å²) in [5.74, 6) is -1.21. The van der Waals surface area contributed by atoms with Gasteiger partial charge in [-0.1, -0.05) is 60.2 Å². The van der Waals surface area contributed by atoms with Crippen molar-refractivity contribution in [2.45, 2.75) is 24.3 Å². The Kier molecular flexibility index (Phi) is 6.68. The highest BCUT2D eigenvalue weighted by atomic mass is 32.2. The molecule has 6 nitrogen and oxygen atoms in total. The quantitative estimate of drug-likeness (QED) is 0.659. The van der Waals surface area contributed by atoms with Crippen LogP contribution in [0.2, 0.25) is 0 Å². The molecule has 3 aromatic rings. The number of nitrogens with two attached hydrogens (primary N) is 1. The topological polar surface area (TPSA) is 121 Å². The third-order valence-electron chi connectivity index (χ3n) is 3.89. The van der Waals surface area contributed by atoms with E-state index >= 15 is 0 Å². The van der Waals surface area contributed by atoms with Gasteiger partial charge < -0.3 is 15.6 Å². The molecule has 0 aliphatic heterocycles. The summed E-state index contributed by atoms with van der Waals surface area (Å²) in [6.07, 6.45) is 0.299. The van der Waals surface area contributed by atoms with Gasteiger partial charge in [0.2, 0.25) is 0 Å². The normalized spacial score (nSPS) is 12.1. The molecule has 0 aliphatic carbocycles. The summed E-state index contributed by atoms with van der Waals surface area (Å²) in [7, 11) is -4.02. The fourth-order valence-corrected chi connectivity index (χ4v) is 2.89. The molecule has 142 valence electrons. The molecular formula is C20H20NO5S-. The number of fused-ring (bicyclic) bond motifs is 1. The van der Waals surface area contributed by atoms with Crippen molar-refractivity contribution >= 4 is 26.9 Å². The van der Waals surface area contributed by atoms with Crippen molar-refractivity contribution in [3.63, 3.8) is 0 Å². The van der Waals surface area contributed by atoms with Crippen LogP contribution in [-0.2, 0) is 21.3 Å². The van der Waals surface area contributed by atoms with Crippen LogP contribution < -0.4 is 10.8 Å². The Labute approximate surface area is 158 Å². The van der Waals surface area contributed by atoms with Crippen molar-refractivity contribution in [2.24, 2.45) is 5.73 Å². The summed E-state index contributed by atoms with van der Waals surface area (Å²) in [5.41, 5.74) is 7.30. The largest absolute Gasteiger partial charge is 0.548 e. The predicted octanol–water partition coefficient (Wildman–Crippen LogP) is 1.70. The van der Waals surface area contributed by atoms with Gasteiger partial charge in [0, 0.05) is 6.04 Å². The number of carbonyl (C=O) groups is 1. The Morgan fingerprint density at radius 2 is 1.63 bits per heavy atom. The van der Waals surface area contributed by atoms with Crippen molar-refractivity contribution in [3.8, 4) is 0 Å². The van der Waals surface area contributed by atoms with Gasteiger partial charge >= 0.3 is 0 Å². The third kappa shape index (κ3) is 6.18. The second-order valence-corrected chi connectivity index (χ2v) is 7.52. The van der Waals surface area contributed by atoms with Crippen LogP contribution in [0.4, 0.5) is 0 Å². The van der Waals surface area contributed by atoms with Crippen LogP contribution >= 0.6 is 0 Å². The Morgan fingerprint density at radius 3 is 2.19 bits per heavy atom. The van der Waals surface area contributed by atoms with Crippen LogP contribution in [0, 0.1) is 6.92 Å². The summed E-state index contributed by atoms with van der Waals surface area (Å²) in [6.45, 7) is 1.84. The fourth-order valence-electron chi connectivity index (χ4n) is 2.41. The standard InChI is InChI=1S/C13H13NO2.C7H8O3S/c14-12(13(15)16)8-9-5-6-10-3-1-2-4-11(10)7-9;1-6-2-4-7(5-3-6)11(8,9)10/h1-7,12H,8,14H2,(H,15,16);2-5H,1H3,(H,8,9,10)/p-1/t12-;/m0./s1. The van der Waals surface area contributed by atoms with Gasteiger partial charge in [0.1, 0.15) is 0 Å². The molecule has 3 rings (SSSR count). The van der Waals surface area contributed by atoms with Gasteiger partial charge in [-0.05, 0) is 41.8 Å². The van der Waals surface area contributed by atoms with Crippen molar-refractivity contribution < 1.29 is 22.9 Å². The summed E-state index contributed by atoms with van der Waals surface area (Å²) in [6, 6.07) is 18.8. The van der Waals surface area contributed by atoms with Gasteiger partial charge in [0.15, 0.2) is 0 Å². The minimum Gasteiger partial charge on any atom is -0.548 e. The third-order valence-corrected chi connectivity index (χ3v) is 4.76. The van der Waals surface area contributed by atoms with Gasteiger partial charge in [-0.3, -0.25) is 4.55 Å². The van der Waals surface area contributed by atoms with Crippen LogP contribution in [0.5, 0.6) is 0 Å². The molecule has 1 atom stereocenters. The number of aryl methyl sites for hydroxylation is 1. The molecule has 0 unspecified atom stereocenters. The lowest BCUT2D eigenvalue weighted by Gasteiger charge is -2.12. The minimum atomic E-state index is -4.02. The van der Waals surface area contributed by atoms with E-state index in [1.54, 1.807) is 12.1 Å². The van der Waals surface area contributed by atoms with E-state index in [-0.39, 0.29) is 4.90 Å². The molecular weight excluding hydrogens is 366 g/mol. The highest BCUT2D eigenvalue weighted by Gasteiger charge is 2.07. The van der Waals surface area contributed by atoms with Crippen LogP contribution in [0.1, 0.15) is 11.1 Å². The van der Waals surface area contributed by atoms with E-state index in [1.807, 2.05) is 49.4 Å². The number of carboxylic acids is 1. The zero-order chi connectivity index (χ0) is 20.0. The number of benzene rings is 3. The summed E-state index contributed by atoms with van der Waals surface area (Å²) in [4.78, 5) is 10.5. The number of aliphatic carboxylic acids is 1. The molecule has 0 radical (unpaired) electrons. The Balaban J connectivity index is 0.000000208.